The molecule has 0 fully saturated rings. The lowest BCUT2D eigenvalue weighted by Crippen LogP contribution is -2.19. The van der Waals surface area contributed by atoms with Gasteiger partial charge < -0.3 is 5.32 Å². The van der Waals surface area contributed by atoms with Gasteiger partial charge in [0.15, 0.2) is 23.1 Å². The molecule has 1 aromatic heterocycles. The molecule has 0 saturated heterocycles. The molecule has 1 N–H and O–H groups in total. The van der Waals surface area contributed by atoms with Gasteiger partial charge in [-0.25, -0.2) is 8.78 Å². The Morgan fingerprint density at radius 3 is 2.31 bits per heavy atom. The molecule has 0 aliphatic rings. The molecule has 0 saturated carbocycles. The summed E-state index contributed by atoms with van der Waals surface area (Å²) in [6.45, 7) is 0. The van der Waals surface area contributed by atoms with Crippen molar-refractivity contribution >= 4 is 11.7 Å². The molecule has 2 aromatic carbocycles. The highest BCUT2D eigenvalue weighted by Crippen LogP contribution is 2.32. The fraction of sp³-hybridized carbons (Fsp3) is 0.0625. The Kier molecular flexibility index (Phi) is 4.41. The molecule has 0 aliphatic heterocycles. The lowest BCUT2D eigenvalue weighted by molar-refractivity contribution is -0.137. The van der Waals surface area contributed by atoms with Gasteiger partial charge in [0, 0.05) is 0 Å². The first-order valence-electron chi connectivity index (χ1n) is 7.11. The fourth-order valence-corrected chi connectivity index (χ4v) is 2.22. The van der Waals surface area contributed by atoms with E-state index >= 15 is 0 Å². The van der Waals surface area contributed by atoms with Crippen LogP contribution in [0.4, 0.5) is 27.8 Å². The summed E-state index contributed by atoms with van der Waals surface area (Å²) >= 11 is 0. The van der Waals surface area contributed by atoms with Crippen molar-refractivity contribution in [2.24, 2.45) is 0 Å². The van der Waals surface area contributed by atoms with Crippen molar-refractivity contribution in [2.45, 2.75) is 6.18 Å². The second kappa shape index (κ2) is 6.54. The fourth-order valence-electron chi connectivity index (χ4n) is 2.22. The van der Waals surface area contributed by atoms with E-state index in [1.807, 2.05) is 0 Å². The molecule has 1 heterocycles. The Bertz CT molecular complexity index is 947. The van der Waals surface area contributed by atoms with Crippen LogP contribution in [0, 0.1) is 11.6 Å². The molecule has 26 heavy (non-hydrogen) atoms. The van der Waals surface area contributed by atoms with E-state index < -0.39 is 40.5 Å². The molecular formula is C16H9F5N4O. The zero-order chi connectivity index (χ0) is 18.9. The van der Waals surface area contributed by atoms with Gasteiger partial charge >= 0.3 is 6.18 Å². The summed E-state index contributed by atoms with van der Waals surface area (Å²) < 4.78 is 66.3. The topological polar surface area (TPSA) is 59.8 Å². The number of carbonyl (C=O) groups excluding carboxylic acids is 1. The number of benzene rings is 2. The van der Waals surface area contributed by atoms with Crippen LogP contribution in [-0.2, 0) is 6.18 Å². The Morgan fingerprint density at radius 2 is 1.65 bits per heavy atom. The van der Waals surface area contributed by atoms with Gasteiger partial charge in [-0.1, -0.05) is 18.2 Å². The van der Waals surface area contributed by atoms with E-state index in [-0.39, 0.29) is 5.82 Å². The van der Waals surface area contributed by atoms with Crippen molar-refractivity contribution in [3.8, 4) is 5.69 Å². The van der Waals surface area contributed by atoms with Gasteiger partial charge in [-0.15, -0.1) is 9.90 Å². The van der Waals surface area contributed by atoms with Gasteiger partial charge in [-0.3, -0.25) is 4.79 Å². The first kappa shape index (κ1) is 17.5. The normalized spacial score (nSPS) is 11.4. The van der Waals surface area contributed by atoms with Gasteiger partial charge in [0.05, 0.1) is 17.3 Å². The highest BCUT2D eigenvalue weighted by Gasteiger charge is 2.35. The zero-order valence-electron chi connectivity index (χ0n) is 12.8. The summed E-state index contributed by atoms with van der Waals surface area (Å²) in [5.74, 6) is -3.24. The van der Waals surface area contributed by atoms with Crippen LogP contribution < -0.4 is 5.32 Å². The van der Waals surface area contributed by atoms with Crippen molar-refractivity contribution in [1.82, 2.24) is 15.0 Å². The number of carbonyl (C=O) groups is 1. The summed E-state index contributed by atoms with van der Waals surface area (Å²) in [5, 5.41) is 9.41. The molecule has 1 amide bonds. The average molecular weight is 368 g/mol. The van der Waals surface area contributed by atoms with E-state index in [1.165, 1.54) is 6.07 Å². The van der Waals surface area contributed by atoms with Gasteiger partial charge in [0.25, 0.3) is 5.91 Å². The van der Waals surface area contributed by atoms with Gasteiger partial charge in [-0.2, -0.15) is 18.3 Å². The number of nitrogens with zero attached hydrogens (tertiary/aromatic N) is 3. The second-order valence-electron chi connectivity index (χ2n) is 5.09. The largest absolute Gasteiger partial charge is 0.417 e. The number of alkyl halides is 3. The standard InChI is InChI=1S/C16H9F5N4O/c17-11-6-3-7-12(18)14(11)25-22-8-13(24-25)23-15(26)9-4-1-2-5-10(9)16(19,20)21/h1-8H,(H,23,24,26). The van der Waals surface area contributed by atoms with Crippen molar-refractivity contribution in [1.29, 1.82) is 0 Å². The number of rotatable bonds is 3. The lowest BCUT2D eigenvalue weighted by Gasteiger charge is -2.11. The molecule has 5 nitrogen and oxygen atoms in total. The zero-order valence-corrected chi connectivity index (χ0v) is 12.8. The molecule has 10 heteroatoms. The van der Waals surface area contributed by atoms with E-state index in [0.717, 1.165) is 42.6 Å². The van der Waals surface area contributed by atoms with Crippen LogP contribution in [0.5, 0.6) is 0 Å². The first-order valence-corrected chi connectivity index (χ1v) is 7.11. The van der Waals surface area contributed by atoms with E-state index in [0.29, 0.717) is 4.80 Å². The van der Waals surface area contributed by atoms with Crippen LogP contribution >= 0.6 is 0 Å². The Balaban J connectivity index is 1.88. The maximum absolute atomic E-state index is 13.7. The Morgan fingerprint density at radius 1 is 1.00 bits per heavy atom. The van der Waals surface area contributed by atoms with E-state index in [9.17, 15) is 26.7 Å². The van der Waals surface area contributed by atoms with Crippen LogP contribution in [0.15, 0.2) is 48.7 Å². The summed E-state index contributed by atoms with van der Waals surface area (Å²) in [7, 11) is 0. The molecule has 3 rings (SSSR count). The molecule has 0 radical (unpaired) electrons. The van der Waals surface area contributed by atoms with E-state index in [1.54, 1.807) is 0 Å². The molecule has 0 aliphatic carbocycles. The summed E-state index contributed by atoms with van der Waals surface area (Å²) in [4.78, 5) is 12.7. The molecule has 0 spiro atoms. The van der Waals surface area contributed by atoms with Crippen molar-refractivity contribution in [3.05, 3.63) is 71.4 Å². The maximum Gasteiger partial charge on any atom is 0.417 e. The number of aromatic nitrogens is 3. The highest BCUT2D eigenvalue weighted by atomic mass is 19.4. The minimum atomic E-state index is -4.72. The number of amides is 1. The van der Waals surface area contributed by atoms with Crippen LogP contribution in [0.1, 0.15) is 15.9 Å². The Labute approximate surface area is 143 Å². The second-order valence-corrected chi connectivity index (χ2v) is 5.09. The molecule has 3 aromatic rings. The monoisotopic (exact) mass is 368 g/mol. The first-order chi connectivity index (χ1) is 12.3. The highest BCUT2D eigenvalue weighted by molar-refractivity contribution is 6.04. The van der Waals surface area contributed by atoms with Crippen LogP contribution in [-0.4, -0.2) is 20.9 Å². The minimum Gasteiger partial charge on any atom is -0.304 e. The van der Waals surface area contributed by atoms with Crippen molar-refractivity contribution < 1.29 is 26.7 Å². The quantitative estimate of drug-likeness (QED) is 0.715. The number of hydrogen-bond donors (Lipinski definition) is 1. The summed E-state index contributed by atoms with van der Waals surface area (Å²) in [5.41, 5.74) is -2.32. The van der Waals surface area contributed by atoms with E-state index in [4.69, 9.17) is 0 Å². The third-order valence-corrected chi connectivity index (χ3v) is 3.35. The predicted octanol–water partition coefficient (Wildman–Crippen LogP) is 3.82. The summed E-state index contributed by atoms with van der Waals surface area (Å²) in [6, 6.07) is 7.31. The van der Waals surface area contributed by atoms with E-state index in [2.05, 4.69) is 15.5 Å². The van der Waals surface area contributed by atoms with Crippen molar-refractivity contribution in [2.75, 3.05) is 5.32 Å². The molecule has 0 bridgehead atoms. The van der Waals surface area contributed by atoms with Crippen molar-refractivity contribution in [3.63, 3.8) is 0 Å². The summed E-state index contributed by atoms with van der Waals surface area (Å²) in [6.07, 6.45) is -3.76. The third-order valence-electron chi connectivity index (χ3n) is 3.35. The number of hydrogen-bond acceptors (Lipinski definition) is 3. The number of nitrogens with one attached hydrogen (secondary N) is 1. The average Bonchev–Trinajstić information content (AvgIpc) is 3.02. The lowest BCUT2D eigenvalue weighted by atomic mass is 10.1. The maximum atomic E-state index is 13.7. The smallest absolute Gasteiger partial charge is 0.304 e. The van der Waals surface area contributed by atoms with Gasteiger partial charge in [0.2, 0.25) is 0 Å². The number of para-hydroxylation sites is 1. The predicted molar refractivity (Wildman–Crippen MR) is 80.7 cm³/mol. The number of anilines is 1. The van der Waals surface area contributed by atoms with Gasteiger partial charge in [-0.05, 0) is 24.3 Å². The van der Waals surface area contributed by atoms with Gasteiger partial charge in [0.1, 0.15) is 0 Å². The van der Waals surface area contributed by atoms with Crippen LogP contribution in [0.25, 0.3) is 5.69 Å². The third kappa shape index (κ3) is 3.39. The molecule has 134 valence electrons. The minimum absolute atomic E-state index is 0.269. The van der Waals surface area contributed by atoms with Crippen LogP contribution in [0.2, 0.25) is 0 Å². The molecule has 0 unspecified atom stereocenters. The SMILES string of the molecule is O=C(Nc1cnn(-c2c(F)cccc2F)n1)c1ccccc1C(F)(F)F. The van der Waals surface area contributed by atoms with Crippen LogP contribution in [0.3, 0.4) is 0 Å². The number of halogens is 5. The molecular weight excluding hydrogens is 359 g/mol. The molecule has 0 atom stereocenters. The Hall–Kier alpha value is -3.30.